The van der Waals surface area contributed by atoms with Crippen LogP contribution in [-0.4, -0.2) is 31.7 Å². The number of benzene rings is 1. The standard InChI is InChI=1S/C16H18ClN3O2/c1-19-9-12(8-18-19)10-20(13-3-4-13)16(22)7-11-2-5-15(21)14(17)6-11/h2,5-6,8-9,13,21H,3-4,7,10H2,1H3. The fraction of sp³-hybridized carbons (Fsp3) is 0.375. The third-order valence-electron chi connectivity index (χ3n) is 3.79. The SMILES string of the molecule is Cn1cc(CN(C(=O)Cc2ccc(O)c(Cl)c2)C2CC2)cn1. The van der Waals surface area contributed by atoms with Crippen LogP contribution >= 0.6 is 11.6 Å². The van der Waals surface area contributed by atoms with E-state index in [0.717, 1.165) is 24.0 Å². The molecule has 0 radical (unpaired) electrons. The lowest BCUT2D eigenvalue weighted by molar-refractivity contribution is -0.131. The summed E-state index contributed by atoms with van der Waals surface area (Å²) in [6, 6.07) is 5.23. The van der Waals surface area contributed by atoms with E-state index in [9.17, 15) is 9.90 Å². The second kappa shape index (κ2) is 6.01. The Balaban J connectivity index is 1.71. The highest BCUT2D eigenvalue weighted by atomic mass is 35.5. The zero-order chi connectivity index (χ0) is 15.7. The molecule has 1 aliphatic rings. The van der Waals surface area contributed by atoms with Gasteiger partial charge in [-0.05, 0) is 30.5 Å². The summed E-state index contributed by atoms with van der Waals surface area (Å²) in [6.45, 7) is 0.586. The predicted molar refractivity (Wildman–Crippen MR) is 83.6 cm³/mol. The second-order valence-electron chi connectivity index (χ2n) is 5.74. The minimum Gasteiger partial charge on any atom is -0.506 e. The molecule has 1 fully saturated rings. The number of hydrogen-bond acceptors (Lipinski definition) is 3. The number of aromatic nitrogens is 2. The number of phenols is 1. The van der Waals surface area contributed by atoms with Gasteiger partial charge in [0.05, 0.1) is 17.6 Å². The molecule has 6 heteroatoms. The van der Waals surface area contributed by atoms with Crippen molar-refractivity contribution in [2.75, 3.05) is 0 Å². The molecule has 1 aliphatic carbocycles. The molecule has 116 valence electrons. The Morgan fingerprint density at radius 3 is 2.82 bits per heavy atom. The van der Waals surface area contributed by atoms with Gasteiger partial charge in [0.1, 0.15) is 5.75 Å². The summed E-state index contributed by atoms with van der Waals surface area (Å²) in [5.41, 5.74) is 1.84. The molecular weight excluding hydrogens is 302 g/mol. The number of aryl methyl sites for hydroxylation is 1. The lowest BCUT2D eigenvalue weighted by Crippen LogP contribution is -2.33. The number of carbonyl (C=O) groups excluding carboxylic acids is 1. The first kappa shape index (κ1) is 14.9. The predicted octanol–water partition coefficient (Wildman–Crippen LogP) is 2.51. The van der Waals surface area contributed by atoms with Crippen molar-refractivity contribution in [2.24, 2.45) is 7.05 Å². The maximum Gasteiger partial charge on any atom is 0.227 e. The molecule has 1 N–H and O–H groups in total. The molecular formula is C16H18ClN3O2. The van der Waals surface area contributed by atoms with Crippen LogP contribution in [0.2, 0.25) is 5.02 Å². The maximum absolute atomic E-state index is 12.6. The summed E-state index contributed by atoms with van der Waals surface area (Å²) >= 11 is 5.90. The van der Waals surface area contributed by atoms with Crippen molar-refractivity contribution < 1.29 is 9.90 Å². The van der Waals surface area contributed by atoms with E-state index in [-0.39, 0.29) is 23.1 Å². The monoisotopic (exact) mass is 319 g/mol. The van der Waals surface area contributed by atoms with Crippen molar-refractivity contribution in [3.05, 3.63) is 46.7 Å². The summed E-state index contributed by atoms with van der Waals surface area (Å²) in [5.74, 6) is 0.111. The van der Waals surface area contributed by atoms with Crippen LogP contribution in [0, 0.1) is 0 Å². The van der Waals surface area contributed by atoms with E-state index in [2.05, 4.69) is 5.10 Å². The number of halogens is 1. The molecule has 0 aliphatic heterocycles. The molecule has 2 aromatic rings. The van der Waals surface area contributed by atoms with Gasteiger partial charge in [-0.25, -0.2) is 0 Å². The third kappa shape index (κ3) is 3.42. The highest BCUT2D eigenvalue weighted by Gasteiger charge is 2.32. The fourth-order valence-electron chi connectivity index (χ4n) is 2.49. The van der Waals surface area contributed by atoms with E-state index in [4.69, 9.17) is 11.6 Å². The number of carbonyl (C=O) groups is 1. The number of phenolic OH excluding ortho intramolecular Hbond substituents is 1. The van der Waals surface area contributed by atoms with Crippen LogP contribution in [0.5, 0.6) is 5.75 Å². The lowest BCUT2D eigenvalue weighted by Gasteiger charge is -2.22. The van der Waals surface area contributed by atoms with E-state index in [1.807, 2.05) is 18.1 Å². The van der Waals surface area contributed by atoms with E-state index in [0.29, 0.717) is 12.6 Å². The van der Waals surface area contributed by atoms with Crippen molar-refractivity contribution in [1.29, 1.82) is 0 Å². The second-order valence-corrected chi connectivity index (χ2v) is 6.14. The molecule has 3 rings (SSSR count). The zero-order valence-electron chi connectivity index (χ0n) is 12.4. The smallest absolute Gasteiger partial charge is 0.227 e. The number of aromatic hydroxyl groups is 1. The van der Waals surface area contributed by atoms with Gasteiger partial charge in [0.25, 0.3) is 0 Å². The van der Waals surface area contributed by atoms with Crippen LogP contribution in [0.25, 0.3) is 0 Å². The van der Waals surface area contributed by atoms with Gasteiger partial charge in [0, 0.05) is 31.4 Å². The Bertz CT molecular complexity index is 694. The zero-order valence-corrected chi connectivity index (χ0v) is 13.1. The van der Waals surface area contributed by atoms with Gasteiger partial charge in [0.15, 0.2) is 0 Å². The minimum absolute atomic E-state index is 0.0345. The highest BCUT2D eigenvalue weighted by molar-refractivity contribution is 6.32. The van der Waals surface area contributed by atoms with Gasteiger partial charge < -0.3 is 10.0 Å². The summed E-state index contributed by atoms with van der Waals surface area (Å²) in [4.78, 5) is 14.5. The average Bonchev–Trinajstić information content (AvgIpc) is 3.23. The summed E-state index contributed by atoms with van der Waals surface area (Å²) in [7, 11) is 1.87. The van der Waals surface area contributed by atoms with Crippen LogP contribution in [0.4, 0.5) is 0 Å². The molecule has 1 aromatic heterocycles. The van der Waals surface area contributed by atoms with Crippen LogP contribution in [0.1, 0.15) is 24.0 Å². The summed E-state index contributed by atoms with van der Waals surface area (Å²) in [5, 5.41) is 13.9. The number of hydrogen-bond donors (Lipinski definition) is 1. The Morgan fingerprint density at radius 2 is 2.23 bits per heavy atom. The first-order valence-electron chi connectivity index (χ1n) is 7.27. The molecule has 1 saturated carbocycles. The number of amides is 1. The van der Waals surface area contributed by atoms with Crippen molar-refractivity contribution >= 4 is 17.5 Å². The molecule has 5 nitrogen and oxygen atoms in total. The lowest BCUT2D eigenvalue weighted by atomic mass is 10.1. The molecule has 0 spiro atoms. The molecule has 1 heterocycles. The molecule has 0 saturated heterocycles. The van der Waals surface area contributed by atoms with E-state index in [1.165, 1.54) is 6.07 Å². The molecule has 1 amide bonds. The van der Waals surface area contributed by atoms with Crippen LogP contribution in [0.3, 0.4) is 0 Å². The Hall–Kier alpha value is -2.01. The topological polar surface area (TPSA) is 58.4 Å². The summed E-state index contributed by atoms with van der Waals surface area (Å²) < 4.78 is 1.74. The quantitative estimate of drug-likeness (QED) is 0.921. The molecule has 22 heavy (non-hydrogen) atoms. The van der Waals surface area contributed by atoms with Crippen molar-refractivity contribution in [1.82, 2.24) is 14.7 Å². The van der Waals surface area contributed by atoms with Gasteiger partial charge >= 0.3 is 0 Å². The molecule has 0 unspecified atom stereocenters. The molecule has 0 atom stereocenters. The molecule has 0 bridgehead atoms. The van der Waals surface area contributed by atoms with E-state index in [1.54, 1.807) is 23.0 Å². The number of nitrogens with zero attached hydrogens (tertiary/aromatic N) is 3. The Morgan fingerprint density at radius 1 is 1.45 bits per heavy atom. The Kier molecular flexibility index (Phi) is 4.07. The molecule has 1 aromatic carbocycles. The van der Waals surface area contributed by atoms with Crippen LogP contribution in [-0.2, 0) is 24.8 Å². The van der Waals surface area contributed by atoms with Crippen LogP contribution in [0.15, 0.2) is 30.6 Å². The van der Waals surface area contributed by atoms with Gasteiger partial charge in [-0.15, -0.1) is 0 Å². The van der Waals surface area contributed by atoms with Crippen molar-refractivity contribution in [3.8, 4) is 5.75 Å². The van der Waals surface area contributed by atoms with Crippen LogP contribution < -0.4 is 0 Å². The third-order valence-corrected chi connectivity index (χ3v) is 4.09. The highest BCUT2D eigenvalue weighted by Crippen LogP contribution is 2.30. The normalized spacial score (nSPS) is 14.1. The first-order valence-corrected chi connectivity index (χ1v) is 7.65. The fourth-order valence-corrected chi connectivity index (χ4v) is 2.70. The van der Waals surface area contributed by atoms with Crippen molar-refractivity contribution in [3.63, 3.8) is 0 Å². The largest absolute Gasteiger partial charge is 0.506 e. The summed E-state index contributed by atoms with van der Waals surface area (Å²) in [6.07, 6.45) is 6.13. The van der Waals surface area contributed by atoms with Gasteiger partial charge in [-0.2, -0.15) is 5.10 Å². The minimum atomic E-state index is 0.0345. The van der Waals surface area contributed by atoms with E-state index >= 15 is 0 Å². The number of rotatable bonds is 5. The van der Waals surface area contributed by atoms with Crippen molar-refractivity contribution in [2.45, 2.75) is 31.8 Å². The maximum atomic E-state index is 12.6. The first-order chi connectivity index (χ1) is 10.5. The average molecular weight is 320 g/mol. The van der Waals surface area contributed by atoms with Gasteiger partial charge in [-0.3, -0.25) is 9.48 Å². The van der Waals surface area contributed by atoms with E-state index < -0.39 is 0 Å². The Labute approximate surface area is 134 Å². The van der Waals surface area contributed by atoms with Gasteiger partial charge in [-0.1, -0.05) is 17.7 Å². The van der Waals surface area contributed by atoms with Gasteiger partial charge in [0.2, 0.25) is 5.91 Å².